The average molecular weight is 573 g/mol. The van der Waals surface area contributed by atoms with Gasteiger partial charge in [0.15, 0.2) is 0 Å². The fourth-order valence-corrected chi connectivity index (χ4v) is 3.38. The van der Waals surface area contributed by atoms with Crippen LogP contribution in [0, 0.1) is 5.92 Å². The van der Waals surface area contributed by atoms with Crippen LogP contribution in [0.1, 0.15) is 26.2 Å². The van der Waals surface area contributed by atoms with Crippen LogP contribution in [-0.2, 0) is 9.47 Å². The average Bonchev–Trinajstić information content (AvgIpc) is 3.22. The lowest BCUT2D eigenvalue weighted by atomic mass is 10.1. The number of amidine groups is 1. The van der Waals surface area contributed by atoms with Crippen molar-refractivity contribution in [3.05, 3.63) is 85.2 Å². The van der Waals surface area contributed by atoms with Gasteiger partial charge in [-0.15, -0.1) is 11.6 Å². The van der Waals surface area contributed by atoms with Crippen LogP contribution in [0.3, 0.4) is 0 Å². The lowest BCUT2D eigenvalue weighted by molar-refractivity contribution is 0.182. The van der Waals surface area contributed by atoms with Gasteiger partial charge in [0.1, 0.15) is 11.6 Å². The summed E-state index contributed by atoms with van der Waals surface area (Å²) in [6.07, 6.45) is 25.8. The molecule has 1 heterocycles. The minimum Gasteiger partial charge on any atom is -0.493 e. The fourth-order valence-electron chi connectivity index (χ4n) is 3.28. The summed E-state index contributed by atoms with van der Waals surface area (Å²) < 4.78 is 11.3. The second-order valence-corrected chi connectivity index (χ2v) is 9.84. The van der Waals surface area contributed by atoms with Crippen LogP contribution < -0.4 is 10.6 Å². The monoisotopic (exact) mass is 572 g/mol. The summed E-state index contributed by atoms with van der Waals surface area (Å²) in [6.45, 7) is 9.65. The first-order valence-corrected chi connectivity index (χ1v) is 14.2. The Morgan fingerprint density at radius 2 is 2.00 bits per heavy atom. The molecule has 0 aliphatic carbocycles. The Labute approximate surface area is 247 Å². The van der Waals surface area contributed by atoms with Gasteiger partial charge in [-0.2, -0.15) is 0 Å². The Bertz CT molecular complexity index is 933. The normalized spacial score (nSPS) is 16.9. The van der Waals surface area contributed by atoms with Crippen LogP contribution in [-0.4, -0.2) is 88.5 Å². The van der Waals surface area contributed by atoms with Crippen LogP contribution in [0.4, 0.5) is 0 Å². The van der Waals surface area contributed by atoms with E-state index in [1.807, 2.05) is 81.1 Å². The van der Waals surface area contributed by atoms with Gasteiger partial charge in [0.2, 0.25) is 0 Å². The second-order valence-electron chi connectivity index (χ2n) is 9.34. The van der Waals surface area contributed by atoms with Crippen LogP contribution in [0.2, 0.25) is 0 Å². The van der Waals surface area contributed by atoms with Gasteiger partial charge in [-0.3, -0.25) is 9.89 Å². The first-order valence-electron chi connectivity index (χ1n) is 13.8. The molecule has 40 heavy (non-hydrogen) atoms. The molecule has 0 aromatic carbocycles. The minimum absolute atomic E-state index is 0.00159. The minimum atomic E-state index is -0.00159. The van der Waals surface area contributed by atoms with E-state index in [0.717, 1.165) is 50.5 Å². The Morgan fingerprint density at radius 1 is 1.20 bits per heavy atom. The molecule has 2 atom stereocenters. The molecule has 1 aliphatic heterocycles. The molecule has 1 rings (SSSR count). The number of hydrogen-bond donors (Lipinski definition) is 2. The maximum Gasteiger partial charge on any atom is 0.115 e. The summed E-state index contributed by atoms with van der Waals surface area (Å²) in [6, 6.07) is 0. The summed E-state index contributed by atoms with van der Waals surface area (Å²) >= 11 is 6.18. The molecule has 0 spiro atoms. The van der Waals surface area contributed by atoms with Crippen molar-refractivity contribution < 1.29 is 9.47 Å². The zero-order valence-corrected chi connectivity index (χ0v) is 25.7. The highest BCUT2D eigenvalue weighted by Gasteiger charge is 2.08. The molecule has 0 fully saturated rings. The van der Waals surface area contributed by atoms with Crippen molar-refractivity contribution in [3.8, 4) is 0 Å². The molecule has 0 saturated carbocycles. The number of alkyl halides is 1. The molecule has 0 radical (unpaired) electrons. The summed E-state index contributed by atoms with van der Waals surface area (Å²) in [7, 11) is 7.65. The molecule has 0 amide bonds. The van der Waals surface area contributed by atoms with E-state index in [0.29, 0.717) is 18.9 Å². The SMILES string of the molecule is C=C(/C=C\C(=C/CC)OCC1C=CC=CN=C1)/N=C(/CCNC/C=C/N/C=C/CC(Cl)N(C)C)N(C)CCOC. The van der Waals surface area contributed by atoms with E-state index in [1.165, 1.54) is 0 Å². The van der Waals surface area contributed by atoms with E-state index in [4.69, 9.17) is 26.1 Å². The van der Waals surface area contributed by atoms with Crippen molar-refractivity contribution in [2.45, 2.75) is 31.7 Å². The number of allylic oxidation sites excluding steroid dienone is 5. The van der Waals surface area contributed by atoms with E-state index < -0.39 is 0 Å². The Kier molecular flexibility index (Phi) is 20.1. The van der Waals surface area contributed by atoms with E-state index >= 15 is 0 Å². The van der Waals surface area contributed by atoms with Crippen molar-refractivity contribution in [2.24, 2.45) is 15.9 Å². The lowest BCUT2D eigenvalue weighted by Gasteiger charge is -2.21. The van der Waals surface area contributed by atoms with Crippen molar-refractivity contribution in [3.63, 3.8) is 0 Å². The maximum absolute atomic E-state index is 6.18. The molecule has 2 unspecified atom stereocenters. The number of likely N-dealkylation sites (N-methyl/N-ethyl adjacent to an activating group) is 1. The number of nitrogens with one attached hydrogen (secondary N) is 2. The Balaban J connectivity index is 2.60. The Hall–Kier alpha value is -2.91. The maximum atomic E-state index is 6.18. The number of ether oxygens (including phenoxy) is 2. The standard InChI is InChI=1S/C31H49ClN6O2/c1-7-12-29(40-26-28-13-8-9-18-35-25-28)16-15-27(2)36-31(38(5)23-24-39-6)17-22-34-21-11-20-33-19-10-14-30(32)37(3)4/h8-13,15-16,18-20,25,28,30,33-34H,2,7,14,17,21-24,26H2,1,3-6H3/b16-15-,19-10+,20-11+,29-12+,36-31-. The molecule has 8 nitrogen and oxygen atoms in total. The first-order chi connectivity index (χ1) is 19.4. The van der Waals surface area contributed by atoms with Crippen molar-refractivity contribution in [2.75, 3.05) is 61.1 Å². The predicted molar refractivity (Wildman–Crippen MR) is 172 cm³/mol. The number of aliphatic imine (C=N–C) groups is 2. The van der Waals surface area contributed by atoms with E-state index in [9.17, 15) is 0 Å². The van der Waals surface area contributed by atoms with Gasteiger partial charge < -0.3 is 25.0 Å². The van der Waals surface area contributed by atoms with Crippen LogP contribution in [0.15, 0.2) is 95.2 Å². The smallest absolute Gasteiger partial charge is 0.115 e. The van der Waals surface area contributed by atoms with Crippen LogP contribution in [0.25, 0.3) is 0 Å². The van der Waals surface area contributed by atoms with Crippen molar-refractivity contribution in [1.82, 2.24) is 20.4 Å². The molecule has 0 aromatic heterocycles. The molecule has 1 aliphatic rings. The molecular formula is C31H49ClN6O2. The van der Waals surface area contributed by atoms with Gasteiger partial charge in [0, 0.05) is 58.5 Å². The third-order valence-corrected chi connectivity index (χ3v) is 6.23. The molecule has 9 heteroatoms. The number of methoxy groups -OCH3 is 1. The highest BCUT2D eigenvalue weighted by Crippen LogP contribution is 2.10. The summed E-state index contributed by atoms with van der Waals surface area (Å²) in [5, 5.41) is 6.57. The second kappa shape index (κ2) is 22.9. The van der Waals surface area contributed by atoms with E-state index in [1.54, 1.807) is 13.3 Å². The third kappa shape index (κ3) is 17.6. The molecule has 0 aromatic rings. The number of hydrogen-bond acceptors (Lipinski definition) is 7. The van der Waals surface area contributed by atoms with Gasteiger partial charge in [-0.1, -0.05) is 37.8 Å². The molecule has 0 saturated heterocycles. The molecular weight excluding hydrogens is 524 g/mol. The largest absolute Gasteiger partial charge is 0.493 e. The Morgan fingerprint density at radius 3 is 2.75 bits per heavy atom. The predicted octanol–water partition coefficient (Wildman–Crippen LogP) is 5.23. The van der Waals surface area contributed by atoms with Crippen molar-refractivity contribution in [1.29, 1.82) is 0 Å². The lowest BCUT2D eigenvalue weighted by Crippen LogP contribution is -2.32. The van der Waals surface area contributed by atoms with Gasteiger partial charge in [-0.25, -0.2) is 4.99 Å². The molecule has 222 valence electrons. The zero-order valence-electron chi connectivity index (χ0n) is 24.9. The van der Waals surface area contributed by atoms with Crippen LogP contribution in [0.5, 0.6) is 0 Å². The third-order valence-electron chi connectivity index (χ3n) is 5.66. The van der Waals surface area contributed by atoms with Gasteiger partial charge in [0.25, 0.3) is 0 Å². The zero-order chi connectivity index (χ0) is 29.4. The van der Waals surface area contributed by atoms with Crippen LogP contribution >= 0.6 is 11.6 Å². The summed E-state index contributed by atoms with van der Waals surface area (Å²) in [5.41, 5.74) is 0.660. The number of halogens is 1. The number of rotatable bonds is 20. The summed E-state index contributed by atoms with van der Waals surface area (Å²) in [4.78, 5) is 13.1. The van der Waals surface area contributed by atoms with Crippen molar-refractivity contribution >= 4 is 23.7 Å². The number of nitrogens with zero attached hydrogens (tertiary/aromatic N) is 4. The fraction of sp³-hybridized carbons (Fsp3) is 0.484. The first kappa shape index (κ1) is 35.1. The highest BCUT2D eigenvalue weighted by molar-refractivity contribution is 6.20. The van der Waals surface area contributed by atoms with Gasteiger partial charge in [0.05, 0.1) is 24.4 Å². The molecule has 2 N–H and O–H groups in total. The van der Waals surface area contributed by atoms with E-state index in [2.05, 4.69) is 46.2 Å². The van der Waals surface area contributed by atoms with Gasteiger partial charge >= 0.3 is 0 Å². The quantitative estimate of drug-likeness (QED) is 0.0396. The van der Waals surface area contributed by atoms with E-state index in [-0.39, 0.29) is 11.4 Å². The summed E-state index contributed by atoms with van der Waals surface area (Å²) in [5.74, 6) is 1.87. The highest BCUT2D eigenvalue weighted by atomic mass is 35.5. The topological polar surface area (TPSA) is 73.7 Å². The molecule has 0 bridgehead atoms. The van der Waals surface area contributed by atoms with Gasteiger partial charge in [-0.05, 0) is 63.6 Å².